The van der Waals surface area contributed by atoms with Gasteiger partial charge in [-0.25, -0.2) is 4.98 Å². The minimum absolute atomic E-state index is 0.0752. The summed E-state index contributed by atoms with van der Waals surface area (Å²) >= 11 is 4.96. The molecular formula is C16H14BrN3O2S. The maximum atomic E-state index is 12.6. The van der Waals surface area contributed by atoms with E-state index in [2.05, 4.69) is 20.9 Å². The van der Waals surface area contributed by atoms with Crippen LogP contribution in [0.2, 0.25) is 0 Å². The van der Waals surface area contributed by atoms with Gasteiger partial charge >= 0.3 is 0 Å². The van der Waals surface area contributed by atoms with Gasteiger partial charge < -0.3 is 4.90 Å². The van der Waals surface area contributed by atoms with Crippen molar-refractivity contribution in [1.82, 2.24) is 14.3 Å². The summed E-state index contributed by atoms with van der Waals surface area (Å²) < 4.78 is 2.43. The molecule has 7 heteroatoms. The number of thiophene rings is 1. The monoisotopic (exact) mass is 391 g/mol. The molecular weight excluding hydrogens is 378 g/mol. The highest BCUT2D eigenvalue weighted by molar-refractivity contribution is 9.11. The third kappa shape index (κ3) is 3.20. The Bertz CT molecular complexity index is 948. The van der Waals surface area contributed by atoms with Crippen molar-refractivity contribution in [3.63, 3.8) is 0 Å². The maximum Gasteiger partial charge on any atom is 0.270 e. The van der Waals surface area contributed by atoms with Crippen LogP contribution >= 0.6 is 27.3 Å². The average molecular weight is 392 g/mol. The highest BCUT2D eigenvalue weighted by atomic mass is 79.9. The van der Waals surface area contributed by atoms with Crippen LogP contribution in [0.1, 0.15) is 20.8 Å². The first-order chi connectivity index (χ1) is 11.0. The van der Waals surface area contributed by atoms with Crippen molar-refractivity contribution in [2.45, 2.75) is 13.5 Å². The number of hydrogen-bond acceptors (Lipinski definition) is 4. The molecule has 0 aliphatic carbocycles. The van der Waals surface area contributed by atoms with E-state index in [1.54, 1.807) is 30.6 Å². The molecule has 0 fully saturated rings. The molecule has 0 radical (unpaired) electrons. The SMILES string of the molecule is Cc1ccc2ncc(C(=O)N(C)Cc3ccc(Br)s3)c(=O)n2c1. The van der Waals surface area contributed by atoms with Gasteiger partial charge in [-0.3, -0.25) is 14.0 Å². The molecule has 3 aromatic rings. The Morgan fingerprint density at radius 1 is 1.35 bits per heavy atom. The minimum Gasteiger partial charge on any atom is -0.336 e. The van der Waals surface area contributed by atoms with Crippen LogP contribution in [0.5, 0.6) is 0 Å². The predicted molar refractivity (Wildman–Crippen MR) is 94.0 cm³/mol. The number of carbonyl (C=O) groups is 1. The number of aryl methyl sites for hydroxylation is 1. The van der Waals surface area contributed by atoms with Gasteiger partial charge in [-0.2, -0.15) is 0 Å². The van der Waals surface area contributed by atoms with Crippen LogP contribution < -0.4 is 5.56 Å². The van der Waals surface area contributed by atoms with Gasteiger partial charge in [0.05, 0.1) is 10.3 Å². The van der Waals surface area contributed by atoms with Crippen LogP contribution in [0.3, 0.4) is 0 Å². The van der Waals surface area contributed by atoms with Crippen LogP contribution in [-0.4, -0.2) is 27.2 Å². The summed E-state index contributed by atoms with van der Waals surface area (Å²) in [7, 11) is 1.68. The number of nitrogens with zero attached hydrogens (tertiary/aromatic N) is 3. The molecule has 5 nitrogen and oxygen atoms in total. The number of fused-ring (bicyclic) bond motifs is 1. The van der Waals surface area contributed by atoms with Crippen LogP contribution in [0, 0.1) is 6.92 Å². The largest absolute Gasteiger partial charge is 0.336 e. The van der Waals surface area contributed by atoms with E-state index in [1.807, 2.05) is 25.1 Å². The summed E-state index contributed by atoms with van der Waals surface area (Å²) in [4.78, 5) is 31.9. The normalized spacial score (nSPS) is 10.9. The second-order valence-electron chi connectivity index (χ2n) is 5.28. The fourth-order valence-corrected chi connectivity index (χ4v) is 3.81. The van der Waals surface area contributed by atoms with Gasteiger partial charge in [-0.1, -0.05) is 6.07 Å². The summed E-state index contributed by atoms with van der Waals surface area (Å²) in [5, 5.41) is 0. The molecule has 0 saturated heterocycles. The highest BCUT2D eigenvalue weighted by Crippen LogP contribution is 2.23. The van der Waals surface area contributed by atoms with Gasteiger partial charge in [0.15, 0.2) is 0 Å². The maximum absolute atomic E-state index is 12.6. The number of carbonyl (C=O) groups excluding carboxylic acids is 1. The molecule has 0 unspecified atom stereocenters. The van der Waals surface area contributed by atoms with Crippen LogP contribution in [0.15, 0.2) is 45.2 Å². The molecule has 0 aliphatic rings. The van der Waals surface area contributed by atoms with Gasteiger partial charge in [0.2, 0.25) is 0 Å². The number of amides is 1. The Kier molecular flexibility index (Phi) is 4.32. The lowest BCUT2D eigenvalue weighted by molar-refractivity contribution is 0.0784. The smallest absolute Gasteiger partial charge is 0.270 e. The standard InChI is InChI=1S/C16H14BrN3O2S/c1-10-3-6-14-18-7-12(16(22)20(14)8-10)15(21)19(2)9-11-4-5-13(17)23-11/h3-8H,9H2,1-2H3. The molecule has 0 spiro atoms. The Morgan fingerprint density at radius 2 is 2.13 bits per heavy atom. The van der Waals surface area contributed by atoms with E-state index in [-0.39, 0.29) is 17.0 Å². The van der Waals surface area contributed by atoms with Gasteiger partial charge in [-0.15, -0.1) is 11.3 Å². The molecule has 0 atom stereocenters. The summed E-state index contributed by atoms with van der Waals surface area (Å²) in [5.74, 6) is -0.331. The molecule has 0 aromatic carbocycles. The number of pyridine rings is 1. The van der Waals surface area contributed by atoms with Crippen molar-refractivity contribution in [3.05, 3.63) is 66.8 Å². The van der Waals surface area contributed by atoms with E-state index in [0.717, 1.165) is 14.2 Å². The Morgan fingerprint density at radius 3 is 2.83 bits per heavy atom. The van der Waals surface area contributed by atoms with E-state index in [9.17, 15) is 9.59 Å². The van der Waals surface area contributed by atoms with Crippen LogP contribution in [0.25, 0.3) is 5.65 Å². The second kappa shape index (κ2) is 6.25. The van der Waals surface area contributed by atoms with Gasteiger partial charge in [0.1, 0.15) is 11.2 Å². The molecule has 0 bridgehead atoms. The first-order valence-electron chi connectivity index (χ1n) is 6.93. The second-order valence-corrected chi connectivity index (χ2v) is 7.83. The first kappa shape index (κ1) is 15.9. The molecule has 3 heterocycles. The van der Waals surface area contributed by atoms with Crippen LogP contribution in [0.4, 0.5) is 0 Å². The molecule has 0 saturated carbocycles. The summed E-state index contributed by atoms with van der Waals surface area (Å²) in [5.41, 5.74) is 1.19. The number of aromatic nitrogens is 2. The quantitative estimate of drug-likeness (QED) is 0.689. The first-order valence-corrected chi connectivity index (χ1v) is 8.54. The van der Waals surface area contributed by atoms with Crippen molar-refractivity contribution in [3.8, 4) is 0 Å². The van der Waals surface area contributed by atoms with Crippen molar-refractivity contribution in [1.29, 1.82) is 0 Å². The third-order valence-corrected chi connectivity index (χ3v) is 5.06. The van der Waals surface area contributed by atoms with Crippen molar-refractivity contribution in [2.24, 2.45) is 0 Å². The average Bonchev–Trinajstić information content (AvgIpc) is 2.92. The number of halogens is 1. The zero-order valence-corrected chi connectivity index (χ0v) is 15.0. The summed E-state index contributed by atoms with van der Waals surface area (Å²) in [6.07, 6.45) is 3.05. The van der Waals surface area contributed by atoms with Gasteiger partial charge in [-0.05, 0) is 46.6 Å². The highest BCUT2D eigenvalue weighted by Gasteiger charge is 2.18. The van der Waals surface area contributed by atoms with Gasteiger partial charge in [0, 0.05) is 24.3 Å². The predicted octanol–water partition coefficient (Wildman–Crippen LogP) is 3.10. The zero-order chi connectivity index (χ0) is 16.6. The Labute approximate surface area is 145 Å². The van der Waals surface area contributed by atoms with E-state index < -0.39 is 0 Å². The molecule has 0 N–H and O–H groups in total. The Hall–Kier alpha value is -1.99. The third-order valence-electron chi connectivity index (χ3n) is 3.45. The minimum atomic E-state index is -0.345. The summed E-state index contributed by atoms with van der Waals surface area (Å²) in [6.45, 7) is 2.34. The van der Waals surface area contributed by atoms with Gasteiger partial charge in [0.25, 0.3) is 11.5 Å². The summed E-state index contributed by atoms with van der Waals surface area (Å²) in [6, 6.07) is 7.53. The topological polar surface area (TPSA) is 54.7 Å². The number of rotatable bonds is 3. The molecule has 0 aliphatic heterocycles. The van der Waals surface area contributed by atoms with Crippen molar-refractivity contribution >= 4 is 38.8 Å². The zero-order valence-electron chi connectivity index (χ0n) is 12.6. The Balaban J connectivity index is 1.94. The van der Waals surface area contributed by atoms with E-state index in [0.29, 0.717) is 12.2 Å². The molecule has 3 aromatic heterocycles. The fraction of sp³-hybridized carbons (Fsp3) is 0.188. The van der Waals surface area contributed by atoms with Crippen molar-refractivity contribution < 1.29 is 4.79 Å². The van der Waals surface area contributed by atoms with E-state index in [1.165, 1.54) is 15.5 Å². The number of hydrogen-bond donors (Lipinski definition) is 0. The molecule has 1 amide bonds. The molecule has 118 valence electrons. The van der Waals surface area contributed by atoms with E-state index >= 15 is 0 Å². The lowest BCUT2D eigenvalue weighted by Crippen LogP contribution is -2.32. The van der Waals surface area contributed by atoms with Crippen molar-refractivity contribution in [2.75, 3.05) is 7.05 Å². The van der Waals surface area contributed by atoms with E-state index in [4.69, 9.17) is 0 Å². The molecule has 3 rings (SSSR count). The lowest BCUT2D eigenvalue weighted by Gasteiger charge is -2.16. The lowest BCUT2D eigenvalue weighted by atomic mass is 10.2. The van der Waals surface area contributed by atoms with Crippen LogP contribution in [-0.2, 0) is 6.54 Å². The molecule has 23 heavy (non-hydrogen) atoms. The fourth-order valence-electron chi connectivity index (χ4n) is 2.28.